The van der Waals surface area contributed by atoms with Crippen molar-refractivity contribution in [3.8, 4) is 0 Å². The molecule has 18 heavy (non-hydrogen) atoms. The van der Waals surface area contributed by atoms with Gasteiger partial charge in [0, 0.05) is 19.5 Å². The first kappa shape index (κ1) is 12.8. The van der Waals surface area contributed by atoms with Gasteiger partial charge in [0.2, 0.25) is 0 Å². The standard InChI is InChI=1S/C13H18N4S/c1-9(12-8-18-10(2)16-12)15-11-5-6-13(14-7-11)17(3)4/h5-9,15H,1-4H3. The highest BCUT2D eigenvalue weighted by Gasteiger charge is 2.08. The van der Waals surface area contributed by atoms with Crippen LogP contribution in [0.25, 0.3) is 0 Å². The number of nitrogens with one attached hydrogen (secondary N) is 1. The molecule has 4 nitrogen and oxygen atoms in total. The molecule has 0 spiro atoms. The number of aromatic nitrogens is 2. The summed E-state index contributed by atoms with van der Waals surface area (Å²) in [6.07, 6.45) is 1.85. The first-order valence-corrected chi connectivity index (χ1v) is 6.76. The fourth-order valence-electron chi connectivity index (χ4n) is 1.64. The van der Waals surface area contributed by atoms with Crippen LogP contribution < -0.4 is 10.2 Å². The molecule has 0 saturated carbocycles. The van der Waals surface area contributed by atoms with Gasteiger partial charge in [-0.3, -0.25) is 0 Å². The maximum absolute atomic E-state index is 4.48. The van der Waals surface area contributed by atoms with Crippen LogP contribution in [-0.4, -0.2) is 24.1 Å². The monoisotopic (exact) mass is 262 g/mol. The topological polar surface area (TPSA) is 41.1 Å². The normalized spacial score (nSPS) is 12.2. The summed E-state index contributed by atoms with van der Waals surface area (Å²) in [7, 11) is 3.96. The molecule has 0 aliphatic heterocycles. The van der Waals surface area contributed by atoms with Gasteiger partial charge in [0.15, 0.2) is 0 Å². The number of thiazole rings is 1. The Hall–Kier alpha value is -1.62. The third-order valence-corrected chi connectivity index (χ3v) is 3.46. The lowest BCUT2D eigenvalue weighted by Crippen LogP contribution is -2.11. The zero-order valence-corrected chi connectivity index (χ0v) is 12.0. The van der Waals surface area contributed by atoms with E-state index in [1.807, 2.05) is 44.2 Å². The lowest BCUT2D eigenvalue weighted by atomic mass is 10.2. The number of anilines is 2. The summed E-state index contributed by atoms with van der Waals surface area (Å²) >= 11 is 1.68. The summed E-state index contributed by atoms with van der Waals surface area (Å²) in [5.41, 5.74) is 2.09. The molecule has 1 N–H and O–H groups in total. The second-order valence-corrected chi connectivity index (χ2v) is 5.52. The first-order chi connectivity index (χ1) is 8.56. The van der Waals surface area contributed by atoms with E-state index in [0.717, 1.165) is 22.2 Å². The minimum absolute atomic E-state index is 0.196. The van der Waals surface area contributed by atoms with Gasteiger partial charge in [-0.05, 0) is 26.0 Å². The highest BCUT2D eigenvalue weighted by atomic mass is 32.1. The third-order valence-electron chi connectivity index (χ3n) is 2.67. The Balaban J connectivity index is 2.05. The Morgan fingerprint density at radius 2 is 2.11 bits per heavy atom. The van der Waals surface area contributed by atoms with Crippen molar-refractivity contribution in [2.24, 2.45) is 0 Å². The van der Waals surface area contributed by atoms with Crippen molar-refractivity contribution >= 4 is 22.8 Å². The van der Waals surface area contributed by atoms with Gasteiger partial charge >= 0.3 is 0 Å². The molecule has 0 fully saturated rings. The van der Waals surface area contributed by atoms with Crippen molar-refractivity contribution in [1.82, 2.24) is 9.97 Å². The largest absolute Gasteiger partial charge is 0.376 e. The second kappa shape index (κ2) is 5.35. The molecule has 0 bridgehead atoms. The molecule has 0 aliphatic carbocycles. The molecule has 0 aromatic carbocycles. The number of pyridine rings is 1. The highest BCUT2D eigenvalue weighted by Crippen LogP contribution is 2.21. The van der Waals surface area contributed by atoms with Crippen LogP contribution in [-0.2, 0) is 0 Å². The zero-order chi connectivity index (χ0) is 13.1. The van der Waals surface area contributed by atoms with Crippen molar-refractivity contribution in [3.63, 3.8) is 0 Å². The predicted octanol–water partition coefficient (Wildman–Crippen LogP) is 3.09. The zero-order valence-electron chi connectivity index (χ0n) is 11.1. The molecular formula is C13H18N4S. The molecule has 1 atom stereocenters. The van der Waals surface area contributed by atoms with E-state index < -0.39 is 0 Å². The number of rotatable bonds is 4. The summed E-state index contributed by atoms with van der Waals surface area (Å²) in [6.45, 7) is 4.13. The van der Waals surface area contributed by atoms with Gasteiger partial charge in [0.1, 0.15) is 5.82 Å². The molecule has 0 aliphatic rings. The minimum atomic E-state index is 0.196. The Bertz CT molecular complexity index is 504. The van der Waals surface area contributed by atoms with Gasteiger partial charge in [0.05, 0.1) is 28.6 Å². The van der Waals surface area contributed by atoms with Crippen LogP contribution in [0.5, 0.6) is 0 Å². The van der Waals surface area contributed by atoms with E-state index >= 15 is 0 Å². The minimum Gasteiger partial charge on any atom is -0.376 e. The molecule has 0 amide bonds. The molecule has 2 heterocycles. The van der Waals surface area contributed by atoms with E-state index in [0.29, 0.717) is 0 Å². The Kier molecular flexibility index (Phi) is 3.81. The number of hydrogen-bond donors (Lipinski definition) is 1. The molecule has 1 unspecified atom stereocenters. The molecule has 96 valence electrons. The van der Waals surface area contributed by atoms with E-state index in [-0.39, 0.29) is 6.04 Å². The first-order valence-electron chi connectivity index (χ1n) is 5.88. The lowest BCUT2D eigenvalue weighted by Gasteiger charge is -2.15. The molecule has 2 aromatic heterocycles. The quantitative estimate of drug-likeness (QED) is 0.919. The summed E-state index contributed by atoms with van der Waals surface area (Å²) in [4.78, 5) is 10.8. The smallest absolute Gasteiger partial charge is 0.128 e. The predicted molar refractivity (Wildman–Crippen MR) is 77.5 cm³/mol. The summed E-state index contributed by atoms with van der Waals surface area (Å²) < 4.78 is 0. The van der Waals surface area contributed by atoms with Crippen molar-refractivity contribution in [1.29, 1.82) is 0 Å². The van der Waals surface area contributed by atoms with Crippen molar-refractivity contribution < 1.29 is 0 Å². The second-order valence-electron chi connectivity index (χ2n) is 4.46. The van der Waals surface area contributed by atoms with E-state index in [9.17, 15) is 0 Å². The van der Waals surface area contributed by atoms with Crippen LogP contribution in [0, 0.1) is 6.92 Å². The van der Waals surface area contributed by atoms with Crippen LogP contribution >= 0.6 is 11.3 Å². The van der Waals surface area contributed by atoms with Crippen molar-refractivity contribution in [2.75, 3.05) is 24.3 Å². The number of nitrogens with zero attached hydrogens (tertiary/aromatic N) is 3. The summed E-state index contributed by atoms with van der Waals surface area (Å²) in [5, 5.41) is 6.59. The van der Waals surface area contributed by atoms with Gasteiger partial charge in [-0.1, -0.05) is 0 Å². The highest BCUT2D eigenvalue weighted by molar-refractivity contribution is 7.09. The van der Waals surface area contributed by atoms with Crippen LogP contribution in [0.3, 0.4) is 0 Å². The van der Waals surface area contributed by atoms with Crippen molar-refractivity contribution in [3.05, 3.63) is 34.4 Å². The fourth-order valence-corrected chi connectivity index (χ4v) is 2.35. The maximum Gasteiger partial charge on any atom is 0.128 e. The average molecular weight is 262 g/mol. The van der Waals surface area contributed by atoms with Gasteiger partial charge in [0.25, 0.3) is 0 Å². The van der Waals surface area contributed by atoms with Crippen LogP contribution in [0.4, 0.5) is 11.5 Å². The van der Waals surface area contributed by atoms with E-state index in [2.05, 4.69) is 27.6 Å². The Morgan fingerprint density at radius 3 is 2.61 bits per heavy atom. The van der Waals surface area contributed by atoms with Gasteiger partial charge in [-0.25, -0.2) is 9.97 Å². The summed E-state index contributed by atoms with van der Waals surface area (Å²) in [5.74, 6) is 0.956. The molecule has 2 aromatic rings. The van der Waals surface area contributed by atoms with Gasteiger partial charge in [-0.2, -0.15) is 0 Å². The van der Waals surface area contributed by atoms with Gasteiger partial charge in [-0.15, -0.1) is 11.3 Å². The maximum atomic E-state index is 4.48. The molecular weight excluding hydrogens is 244 g/mol. The number of hydrogen-bond acceptors (Lipinski definition) is 5. The summed E-state index contributed by atoms with van der Waals surface area (Å²) in [6, 6.07) is 4.24. The fraction of sp³-hybridized carbons (Fsp3) is 0.385. The van der Waals surface area contributed by atoms with Crippen LogP contribution in [0.1, 0.15) is 23.7 Å². The Labute approximate surface area is 112 Å². The van der Waals surface area contributed by atoms with Crippen molar-refractivity contribution in [2.45, 2.75) is 19.9 Å². The van der Waals surface area contributed by atoms with Gasteiger partial charge < -0.3 is 10.2 Å². The van der Waals surface area contributed by atoms with E-state index in [4.69, 9.17) is 0 Å². The molecule has 5 heteroatoms. The average Bonchev–Trinajstić information content (AvgIpc) is 2.76. The molecule has 0 saturated heterocycles. The molecule has 2 rings (SSSR count). The Morgan fingerprint density at radius 1 is 1.33 bits per heavy atom. The number of aryl methyl sites for hydroxylation is 1. The van der Waals surface area contributed by atoms with Crippen LogP contribution in [0.15, 0.2) is 23.7 Å². The van der Waals surface area contributed by atoms with Crippen LogP contribution in [0.2, 0.25) is 0 Å². The van der Waals surface area contributed by atoms with E-state index in [1.165, 1.54) is 0 Å². The third kappa shape index (κ3) is 2.98. The van der Waals surface area contributed by atoms with E-state index in [1.54, 1.807) is 11.3 Å². The molecule has 0 radical (unpaired) electrons. The SMILES string of the molecule is Cc1nc(C(C)Nc2ccc(N(C)C)nc2)cs1. The lowest BCUT2D eigenvalue weighted by molar-refractivity contribution is 0.844.